The van der Waals surface area contributed by atoms with E-state index < -0.39 is 0 Å². The summed E-state index contributed by atoms with van der Waals surface area (Å²) >= 11 is 7.73. The lowest BCUT2D eigenvalue weighted by molar-refractivity contribution is 0.879. The maximum Gasteiger partial charge on any atom is 0.196 e. The first kappa shape index (κ1) is 13.5. The molecule has 0 N–H and O–H groups in total. The van der Waals surface area contributed by atoms with E-state index in [1.807, 2.05) is 35.8 Å². The van der Waals surface area contributed by atoms with E-state index in [4.69, 9.17) is 11.6 Å². The van der Waals surface area contributed by atoms with Gasteiger partial charge in [-0.2, -0.15) is 5.10 Å². The van der Waals surface area contributed by atoms with Crippen molar-refractivity contribution >= 4 is 40.0 Å². The third-order valence-electron chi connectivity index (χ3n) is 3.53. The fourth-order valence-corrected chi connectivity index (χ4v) is 2.97. The number of benzene rings is 1. The van der Waals surface area contributed by atoms with Gasteiger partial charge in [0, 0.05) is 5.02 Å². The maximum absolute atomic E-state index is 6.21. The first-order chi connectivity index (χ1) is 10.7. The second-order valence-electron chi connectivity index (χ2n) is 4.85. The maximum atomic E-state index is 6.21. The highest BCUT2D eigenvalue weighted by atomic mass is 35.5. The topological polar surface area (TPSA) is 60.9 Å². The molecule has 8 heteroatoms. The summed E-state index contributed by atoms with van der Waals surface area (Å²) < 4.78 is 3.62. The van der Waals surface area contributed by atoms with Crippen molar-refractivity contribution in [3.63, 3.8) is 0 Å². The van der Waals surface area contributed by atoms with Crippen LogP contribution in [0.5, 0.6) is 0 Å². The van der Waals surface area contributed by atoms with Crippen molar-refractivity contribution in [2.45, 2.75) is 12.1 Å². The van der Waals surface area contributed by atoms with Crippen LogP contribution in [-0.4, -0.2) is 35.6 Å². The highest BCUT2D eigenvalue weighted by Crippen LogP contribution is 2.24. The van der Waals surface area contributed by atoms with Gasteiger partial charge in [-0.05, 0) is 30.9 Å². The van der Waals surface area contributed by atoms with Gasteiger partial charge in [0.1, 0.15) is 6.33 Å². The van der Waals surface area contributed by atoms with Gasteiger partial charge in [-0.1, -0.05) is 29.4 Å². The molecule has 4 aromatic rings. The fourth-order valence-electron chi connectivity index (χ4n) is 2.34. The average molecular weight is 331 g/mol. The molecule has 0 amide bonds. The van der Waals surface area contributed by atoms with E-state index in [0.29, 0.717) is 5.02 Å². The number of hydrogen-bond acceptors (Lipinski definition) is 5. The Bertz CT molecular complexity index is 1010. The van der Waals surface area contributed by atoms with Gasteiger partial charge < -0.3 is 0 Å². The van der Waals surface area contributed by atoms with Crippen molar-refractivity contribution in [2.24, 2.45) is 0 Å². The monoisotopic (exact) mass is 330 g/mol. The minimum atomic E-state index is 0.703. The normalized spacial score (nSPS) is 11.6. The van der Waals surface area contributed by atoms with Crippen LogP contribution in [0.2, 0.25) is 5.02 Å². The molecule has 0 spiro atoms. The Kier molecular flexibility index (Phi) is 3.05. The van der Waals surface area contributed by atoms with Crippen LogP contribution in [0.1, 0.15) is 5.56 Å². The molecule has 110 valence electrons. The molecule has 0 saturated carbocycles. The first-order valence-corrected chi connectivity index (χ1v) is 8.17. The predicted molar refractivity (Wildman–Crippen MR) is 86.9 cm³/mol. The average Bonchev–Trinajstić information content (AvgIpc) is 3.12. The second kappa shape index (κ2) is 4.96. The fraction of sp³-hybridized carbons (Fsp3) is 0.143. The van der Waals surface area contributed by atoms with Crippen molar-refractivity contribution in [3.05, 3.63) is 41.3 Å². The van der Waals surface area contributed by atoms with Crippen molar-refractivity contribution in [3.8, 4) is 5.69 Å². The van der Waals surface area contributed by atoms with Crippen molar-refractivity contribution in [2.75, 3.05) is 6.26 Å². The summed E-state index contributed by atoms with van der Waals surface area (Å²) in [6.45, 7) is 1.97. The Balaban J connectivity index is 1.98. The highest BCUT2D eigenvalue weighted by Gasteiger charge is 2.14. The molecule has 0 aliphatic heterocycles. The van der Waals surface area contributed by atoms with Crippen LogP contribution in [0.3, 0.4) is 0 Å². The molecule has 0 saturated heterocycles. The molecule has 0 fully saturated rings. The number of nitrogens with zero attached hydrogens (tertiary/aromatic N) is 6. The summed E-state index contributed by atoms with van der Waals surface area (Å²) in [6.07, 6.45) is 5.43. The van der Waals surface area contributed by atoms with Crippen molar-refractivity contribution in [1.82, 2.24) is 29.4 Å². The van der Waals surface area contributed by atoms with Crippen LogP contribution in [-0.2, 0) is 0 Å². The van der Waals surface area contributed by atoms with Crippen LogP contribution >= 0.6 is 23.4 Å². The molecule has 4 rings (SSSR count). The van der Waals surface area contributed by atoms with E-state index in [9.17, 15) is 0 Å². The SMILES string of the molecule is CSc1nnc2c3cnn(-c4ccc(C)c(Cl)c4)c3ncn12. The molecule has 0 bridgehead atoms. The van der Waals surface area contributed by atoms with Crippen LogP contribution in [0.4, 0.5) is 0 Å². The molecule has 3 heterocycles. The smallest absolute Gasteiger partial charge is 0.196 e. The molecule has 3 aromatic heterocycles. The summed E-state index contributed by atoms with van der Waals surface area (Å²) in [7, 11) is 0. The molecule has 0 aliphatic rings. The number of thioether (sulfide) groups is 1. The van der Waals surface area contributed by atoms with Gasteiger partial charge >= 0.3 is 0 Å². The number of hydrogen-bond donors (Lipinski definition) is 0. The second-order valence-corrected chi connectivity index (χ2v) is 6.03. The number of rotatable bonds is 2. The van der Waals surface area contributed by atoms with Crippen LogP contribution in [0.25, 0.3) is 22.4 Å². The zero-order chi connectivity index (χ0) is 15.3. The molecule has 6 nitrogen and oxygen atoms in total. The van der Waals surface area contributed by atoms with E-state index in [1.165, 1.54) is 11.8 Å². The molecule has 0 aliphatic carbocycles. The Morgan fingerprint density at radius 1 is 1.18 bits per heavy atom. The molecule has 0 radical (unpaired) electrons. The number of halogens is 1. The predicted octanol–water partition coefficient (Wildman–Crippen LogP) is 3.15. The van der Waals surface area contributed by atoms with Gasteiger partial charge in [0.2, 0.25) is 0 Å². The zero-order valence-corrected chi connectivity index (χ0v) is 13.4. The zero-order valence-electron chi connectivity index (χ0n) is 11.9. The third-order valence-corrected chi connectivity index (χ3v) is 4.58. The molecule has 22 heavy (non-hydrogen) atoms. The van der Waals surface area contributed by atoms with Gasteiger partial charge in [0.15, 0.2) is 16.5 Å². The minimum absolute atomic E-state index is 0.703. The van der Waals surface area contributed by atoms with Crippen LogP contribution in [0, 0.1) is 6.92 Å². The van der Waals surface area contributed by atoms with E-state index in [1.54, 1.807) is 17.2 Å². The third kappa shape index (κ3) is 1.89. The molecule has 0 atom stereocenters. The number of fused-ring (bicyclic) bond motifs is 3. The summed E-state index contributed by atoms with van der Waals surface area (Å²) in [5, 5.41) is 15.2. The van der Waals surface area contributed by atoms with Crippen LogP contribution < -0.4 is 0 Å². The molecule has 1 aromatic carbocycles. The lowest BCUT2D eigenvalue weighted by atomic mass is 10.2. The lowest BCUT2D eigenvalue weighted by Crippen LogP contribution is -1.99. The van der Waals surface area contributed by atoms with Gasteiger partial charge in [0.25, 0.3) is 0 Å². The minimum Gasteiger partial charge on any atom is -0.260 e. The Morgan fingerprint density at radius 3 is 2.82 bits per heavy atom. The summed E-state index contributed by atoms with van der Waals surface area (Å²) in [5.41, 5.74) is 3.37. The lowest BCUT2D eigenvalue weighted by Gasteiger charge is -2.05. The van der Waals surface area contributed by atoms with Crippen molar-refractivity contribution in [1.29, 1.82) is 0 Å². The van der Waals surface area contributed by atoms with Gasteiger partial charge in [0.05, 0.1) is 17.3 Å². The Morgan fingerprint density at radius 2 is 2.05 bits per heavy atom. The number of aryl methyl sites for hydroxylation is 1. The van der Waals surface area contributed by atoms with E-state index in [-0.39, 0.29) is 0 Å². The quantitative estimate of drug-likeness (QED) is 0.528. The first-order valence-electron chi connectivity index (χ1n) is 6.57. The van der Waals surface area contributed by atoms with E-state index in [2.05, 4.69) is 20.3 Å². The largest absolute Gasteiger partial charge is 0.260 e. The van der Waals surface area contributed by atoms with E-state index in [0.717, 1.165) is 33.1 Å². The standard InChI is InChI=1S/C14H11ClN6S/c1-8-3-4-9(5-11(8)15)21-12-10(6-17-21)13-18-19-14(22-2)20(13)7-16-12/h3-7H,1-2H3. The van der Waals surface area contributed by atoms with E-state index >= 15 is 0 Å². The Hall–Kier alpha value is -2.12. The molecular weight excluding hydrogens is 320 g/mol. The number of aromatic nitrogens is 6. The molecular formula is C14H11ClN6S. The molecule has 0 unspecified atom stereocenters. The van der Waals surface area contributed by atoms with Crippen molar-refractivity contribution < 1.29 is 0 Å². The van der Waals surface area contributed by atoms with Crippen LogP contribution in [0.15, 0.2) is 35.9 Å². The summed E-state index contributed by atoms with van der Waals surface area (Å²) in [5.74, 6) is 0. The van der Waals surface area contributed by atoms with Gasteiger partial charge in [-0.25, -0.2) is 9.67 Å². The van der Waals surface area contributed by atoms with Gasteiger partial charge in [-0.3, -0.25) is 4.40 Å². The highest BCUT2D eigenvalue weighted by molar-refractivity contribution is 7.98. The summed E-state index contributed by atoms with van der Waals surface area (Å²) in [6, 6.07) is 5.82. The summed E-state index contributed by atoms with van der Waals surface area (Å²) in [4.78, 5) is 4.51. The van der Waals surface area contributed by atoms with Gasteiger partial charge in [-0.15, -0.1) is 10.2 Å². The Labute approximate surface area is 135 Å².